The molecular formula is C26H20FN3O4. The summed E-state index contributed by atoms with van der Waals surface area (Å²) < 4.78 is 19.0. The van der Waals surface area contributed by atoms with Crippen molar-refractivity contribution in [3.05, 3.63) is 95.3 Å². The highest BCUT2D eigenvalue weighted by Crippen LogP contribution is 2.64. The lowest BCUT2D eigenvalue weighted by Crippen LogP contribution is -2.60. The van der Waals surface area contributed by atoms with E-state index in [1.165, 1.54) is 19.2 Å². The number of halogens is 1. The van der Waals surface area contributed by atoms with Crippen molar-refractivity contribution < 1.29 is 23.5 Å². The van der Waals surface area contributed by atoms with Crippen molar-refractivity contribution >= 4 is 29.2 Å². The molecule has 8 heteroatoms. The van der Waals surface area contributed by atoms with E-state index in [9.17, 15) is 18.8 Å². The van der Waals surface area contributed by atoms with Crippen LogP contribution in [0.4, 0.5) is 15.8 Å². The fraction of sp³-hybridized carbons (Fsp3) is 0.192. The Kier molecular flexibility index (Phi) is 4.22. The molecule has 0 aliphatic carbocycles. The summed E-state index contributed by atoms with van der Waals surface area (Å²) in [5.74, 6) is -2.82. The molecule has 7 nitrogen and oxygen atoms in total. The molecule has 1 fully saturated rings. The zero-order chi connectivity index (χ0) is 23.7. The number of amides is 2. The predicted molar refractivity (Wildman–Crippen MR) is 122 cm³/mol. The smallest absolute Gasteiger partial charge is 0.323 e. The van der Waals surface area contributed by atoms with Crippen molar-refractivity contribution in [1.82, 2.24) is 5.32 Å². The molecule has 6 rings (SSSR count). The molecule has 3 aliphatic rings. The maximum Gasteiger partial charge on any atom is 0.323 e. The van der Waals surface area contributed by atoms with Crippen molar-refractivity contribution in [1.29, 1.82) is 0 Å². The number of hydrogen-bond acceptors (Lipinski definition) is 5. The first-order valence-corrected chi connectivity index (χ1v) is 10.9. The largest absolute Gasteiger partial charge is 0.468 e. The minimum atomic E-state index is -1.61. The quantitative estimate of drug-likeness (QED) is 0.515. The van der Waals surface area contributed by atoms with Gasteiger partial charge in [-0.25, -0.2) is 4.39 Å². The molecule has 3 heterocycles. The highest BCUT2D eigenvalue weighted by Gasteiger charge is 2.77. The normalized spacial score (nSPS) is 28.5. The molecule has 0 bridgehead atoms. The van der Waals surface area contributed by atoms with Gasteiger partial charge in [0.15, 0.2) is 0 Å². The standard InChI is InChI=1S/C26H20FN3O4/c1-34-22(31)21-20(14-10-12-15(27)13-11-14)25(16-6-2-4-8-18(16)28-23(25)32)26(30-21)17-7-3-5-9-19(17)29-24(26)33/h2-13,20-21,30H,1H3,(H,28,32)(H,29,33)/t20-,21+,25-,26-/m0/s1. The molecular weight excluding hydrogens is 437 g/mol. The van der Waals surface area contributed by atoms with Gasteiger partial charge in [0.1, 0.15) is 22.8 Å². The third-order valence-corrected chi connectivity index (χ3v) is 7.33. The second-order valence-electron chi connectivity index (χ2n) is 8.73. The van der Waals surface area contributed by atoms with Crippen LogP contribution in [0.1, 0.15) is 22.6 Å². The molecule has 0 aromatic heterocycles. The monoisotopic (exact) mass is 457 g/mol. The Morgan fingerprint density at radius 2 is 1.44 bits per heavy atom. The van der Waals surface area contributed by atoms with Crippen LogP contribution >= 0.6 is 0 Å². The van der Waals surface area contributed by atoms with E-state index < -0.39 is 46.5 Å². The number of esters is 1. The van der Waals surface area contributed by atoms with E-state index in [-0.39, 0.29) is 0 Å². The molecule has 0 saturated carbocycles. The lowest BCUT2D eigenvalue weighted by Gasteiger charge is -2.40. The number of fused-ring (bicyclic) bond motifs is 5. The molecule has 34 heavy (non-hydrogen) atoms. The lowest BCUT2D eigenvalue weighted by atomic mass is 9.57. The van der Waals surface area contributed by atoms with Crippen LogP contribution in [0.2, 0.25) is 0 Å². The summed E-state index contributed by atoms with van der Waals surface area (Å²) in [6, 6.07) is 18.8. The van der Waals surface area contributed by atoms with E-state index in [1.54, 1.807) is 60.7 Å². The van der Waals surface area contributed by atoms with E-state index in [0.29, 0.717) is 28.1 Å². The van der Waals surface area contributed by atoms with Crippen LogP contribution in [0, 0.1) is 5.82 Å². The number of rotatable bonds is 2. The van der Waals surface area contributed by atoms with Crippen molar-refractivity contribution in [3.63, 3.8) is 0 Å². The van der Waals surface area contributed by atoms with Crippen LogP contribution < -0.4 is 16.0 Å². The summed E-state index contributed by atoms with van der Waals surface area (Å²) in [5.41, 5.74) is -0.381. The average Bonchev–Trinajstić information content (AvgIpc) is 3.44. The number of benzene rings is 3. The van der Waals surface area contributed by atoms with Gasteiger partial charge in [-0.3, -0.25) is 19.7 Å². The van der Waals surface area contributed by atoms with Crippen LogP contribution in [-0.4, -0.2) is 30.9 Å². The van der Waals surface area contributed by atoms with Crippen molar-refractivity contribution in [3.8, 4) is 0 Å². The molecule has 3 aliphatic heterocycles. The van der Waals surface area contributed by atoms with Crippen LogP contribution in [-0.2, 0) is 30.1 Å². The number of carbonyl (C=O) groups is 3. The summed E-state index contributed by atoms with van der Waals surface area (Å²) in [5, 5.41) is 9.08. The summed E-state index contributed by atoms with van der Waals surface area (Å²) in [7, 11) is 1.26. The van der Waals surface area contributed by atoms with Gasteiger partial charge >= 0.3 is 5.97 Å². The van der Waals surface area contributed by atoms with Gasteiger partial charge in [0.25, 0.3) is 5.91 Å². The van der Waals surface area contributed by atoms with E-state index in [1.807, 2.05) is 0 Å². The van der Waals surface area contributed by atoms with Gasteiger partial charge in [0, 0.05) is 22.9 Å². The molecule has 2 amide bonds. The first kappa shape index (κ1) is 20.6. The number of nitrogens with one attached hydrogen (secondary N) is 3. The summed E-state index contributed by atoms with van der Waals surface area (Å²) >= 11 is 0. The molecule has 2 spiro atoms. The molecule has 170 valence electrons. The van der Waals surface area contributed by atoms with Gasteiger partial charge in [0.05, 0.1) is 7.11 Å². The third kappa shape index (κ3) is 2.30. The van der Waals surface area contributed by atoms with Gasteiger partial charge < -0.3 is 15.4 Å². The van der Waals surface area contributed by atoms with Crippen molar-refractivity contribution in [2.75, 3.05) is 17.7 Å². The number of hydrogen-bond donors (Lipinski definition) is 3. The van der Waals surface area contributed by atoms with Crippen molar-refractivity contribution in [2.45, 2.75) is 22.9 Å². The minimum Gasteiger partial charge on any atom is -0.468 e. The van der Waals surface area contributed by atoms with Gasteiger partial charge in [0.2, 0.25) is 5.91 Å². The maximum absolute atomic E-state index is 14.1. The van der Waals surface area contributed by atoms with E-state index >= 15 is 0 Å². The Hall–Kier alpha value is -4.04. The predicted octanol–water partition coefficient (Wildman–Crippen LogP) is 2.79. The van der Waals surface area contributed by atoms with E-state index in [2.05, 4.69) is 16.0 Å². The number of ether oxygens (including phenoxy) is 1. The summed E-state index contributed by atoms with van der Waals surface area (Å²) in [6.07, 6.45) is 0. The lowest BCUT2D eigenvalue weighted by molar-refractivity contribution is -0.143. The fourth-order valence-electron chi connectivity index (χ4n) is 6.10. The Bertz CT molecular complexity index is 1370. The first-order chi connectivity index (χ1) is 16.4. The summed E-state index contributed by atoms with van der Waals surface area (Å²) in [4.78, 5) is 41.2. The molecule has 3 aromatic carbocycles. The Labute approximate surface area is 194 Å². The van der Waals surface area contributed by atoms with Crippen LogP contribution in [0.25, 0.3) is 0 Å². The van der Waals surface area contributed by atoms with Crippen LogP contribution in [0.5, 0.6) is 0 Å². The maximum atomic E-state index is 14.1. The highest BCUT2D eigenvalue weighted by molar-refractivity contribution is 6.19. The van der Waals surface area contributed by atoms with Crippen LogP contribution in [0.3, 0.4) is 0 Å². The fourth-order valence-corrected chi connectivity index (χ4v) is 6.10. The SMILES string of the molecule is COC(=O)[C@@H]1N[C@@]2(C(=O)Nc3ccccc32)[C@]2(C(=O)Nc3ccccc32)[C@H]1c1ccc(F)cc1. The zero-order valence-corrected chi connectivity index (χ0v) is 18.1. The molecule has 3 aromatic rings. The number of para-hydroxylation sites is 2. The Morgan fingerprint density at radius 3 is 2.12 bits per heavy atom. The van der Waals surface area contributed by atoms with Gasteiger partial charge in [-0.1, -0.05) is 48.5 Å². The molecule has 1 saturated heterocycles. The third-order valence-electron chi connectivity index (χ3n) is 7.33. The number of carbonyl (C=O) groups excluding carboxylic acids is 3. The molecule has 0 radical (unpaired) electrons. The van der Waals surface area contributed by atoms with Crippen LogP contribution in [0.15, 0.2) is 72.8 Å². The topological polar surface area (TPSA) is 96.5 Å². The van der Waals surface area contributed by atoms with Gasteiger partial charge in [-0.15, -0.1) is 0 Å². The van der Waals surface area contributed by atoms with E-state index in [4.69, 9.17) is 4.74 Å². The Morgan fingerprint density at radius 1 is 0.853 bits per heavy atom. The molecule has 3 N–H and O–H groups in total. The second kappa shape index (κ2) is 6.98. The van der Waals surface area contributed by atoms with Crippen molar-refractivity contribution in [2.24, 2.45) is 0 Å². The second-order valence-corrected chi connectivity index (χ2v) is 8.73. The van der Waals surface area contributed by atoms with Gasteiger partial charge in [-0.2, -0.15) is 0 Å². The van der Waals surface area contributed by atoms with Gasteiger partial charge in [-0.05, 0) is 35.4 Å². The zero-order valence-electron chi connectivity index (χ0n) is 18.1. The average molecular weight is 457 g/mol. The first-order valence-electron chi connectivity index (χ1n) is 10.9. The number of methoxy groups -OCH3 is 1. The number of anilines is 2. The minimum absolute atomic E-state index is 0.422. The van der Waals surface area contributed by atoms with E-state index in [0.717, 1.165) is 0 Å². The Balaban J connectivity index is 1.75. The highest BCUT2D eigenvalue weighted by atomic mass is 19.1. The molecule has 4 atom stereocenters. The molecule has 0 unspecified atom stereocenters. The summed E-state index contributed by atoms with van der Waals surface area (Å²) in [6.45, 7) is 0.